The molecule has 1 saturated heterocycles. The third-order valence-corrected chi connectivity index (χ3v) is 4.00. The fraction of sp³-hybridized carbons (Fsp3) is 0.583. The molecule has 100 valence electrons. The monoisotopic (exact) mass is 376 g/mol. The van der Waals surface area contributed by atoms with E-state index >= 15 is 0 Å². The topological polar surface area (TPSA) is 40.2 Å². The quantitative estimate of drug-likeness (QED) is 0.772. The van der Waals surface area contributed by atoms with Crippen LogP contribution in [0.2, 0.25) is 0 Å². The van der Waals surface area contributed by atoms with Crippen LogP contribution in [0.15, 0.2) is 21.2 Å². The first-order valence-corrected chi connectivity index (χ1v) is 7.82. The zero-order chi connectivity index (χ0) is 12.8. The van der Waals surface area contributed by atoms with Gasteiger partial charge in [-0.2, -0.15) is 0 Å². The third-order valence-electron chi connectivity index (χ3n) is 2.96. The lowest BCUT2D eigenvalue weighted by atomic mass is 10.3. The van der Waals surface area contributed by atoms with E-state index in [4.69, 9.17) is 0 Å². The van der Waals surface area contributed by atoms with Gasteiger partial charge < -0.3 is 15.5 Å². The van der Waals surface area contributed by atoms with Crippen LogP contribution in [0.3, 0.4) is 0 Å². The Morgan fingerprint density at radius 2 is 2.11 bits per heavy atom. The Labute approximate surface area is 125 Å². The fourth-order valence-corrected chi connectivity index (χ4v) is 3.12. The van der Waals surface area contributed by atoms with Crippen LogP contribution in [-0.4, -0.2) is 49.2 Å². The van der Waals surface area contributed by atoms with E-state index in [1.807, 2.05) is 12.3 Å². The summed E-state index contributed by atoms with van der Waals surface area (Å²) in [6, 6.07) is 2.01. The first-order valence-electron chi connectivity index (χ1n) is 6.24. The normalized spacial score (nSPS) is 16.8. The van der Waals surface area contributed by atoms with Crippen LogP contribution in [-0.2, 0) is 0 Å². The van der Waals surface area contributed by atoms with Gasteiger partial charge in [0.2, 0.25) is 0 Å². The predicted molar refractivity (Wildman–Crippen MR) is 82.1 cm³/mol. The van der Waals surface area contributed by atoms with Gasteiger partial charge in [0.05, 0.1) is 4.47 Å². The molecular weight excluding hydrogens is 360 g/mol. The van der Waals surface area contributed by atoms with Gasteiger partial charge in [-0.15, -0.1) is 0 Å². The zero-order valence-electron chi connectivity index (χ0n) is 10.3. The Hall–Kier alpha value is -0.170. The first kappa shape index (κ1) is 14.2. The van der Waals surface area contributed by atoms with E-state index in [1.54, 1.807) is 0 Å². The molecule has 2 rings (SSSR count). The van der Waals surface area contributed by atoms with Gasteiger partial charge in [0, 0.05) is 43.4 Å². The summed E-state index contributed by atoms with van der Waals surface area (Å²) in [5.41, 5.74) is 0. The van der Waals surface area contributed by atoms with E-state index in [0.717, 1.165) is 47.4 Å². The molecule has 1 aliphatic heterocycles. The molecule has 1 aliphatic rings. The van der Waals surface area contributed by atoms with Crippen LogP contribution < -0.4 is 10.6 Å². The maximum atomic E-state index is 4.33. The molecule has 0 radical (unpaired) electrons. The number of rotatable bonds is 5. The van der Waals surface area contributed by atoms with Crippen LogP contribution in [0.5, 0.6) is 0 Å². The highest BCUT2D eigenvalue weighted by Crippen LogP contribution is 2.23. The van der Waals surface area contributed by atoms with Gasteiger partial charge in [-0.3, -0.25) is 0 Å². The Bertz CT molecular complexity index is 380. The highest BCUT2D eigenvalue weighted by atomic mass is 79.9. The second-order valence-electron chi connectivity index (χ2n) is 4.36. The standard InChI is InChI=1S/C12H18Br2N4/c13-10-8-11(14)12(17-9-10)16-2-1-5-18-6-3-15-4-7-18/h8-9,15H,1-7H2,(H,16,17). The van der Waals surface area contributed by atoms with Gasteiger partial charge >= 0.3 is 0 Å². The molecular formula is C12H18Br2N4. The molecule has 2 N–H and O–H groups in total. The van der Waals surface area contributed by atoms with Gasteiger partial charge in [-0.25, -0.2) is 4.98 Å². The van der Waals surface area contributed by atoms with Gasteiger partial charge in [-0.05, 0) is 50.9 Å². The van der Waals surface area contributed by atoms with Gasteiger partial charge in [0.1, 0.15) is 5.82 Å². The van der Waals surface area contributed by atoms with Crippen LogP contribution >= 0.6 is 31.9 Å². The number of hydrogen-bond acceptors (Lipinski definition) is 4. The summed E-state index contributed by atoms with van der Waals surface area (Å²) in [6.07, 6.45) is 2.95. The molecule has 0 saturated carbocycles. The first-order chi connectivity index (χ1) is 8.75. The van der Waals surface area contributed by atoms with Crippen molar-refractivity contribution in [1.82, 2.24) is 15.2 Å². The van der Waals surface area contributed by atoms with E-state index in [9.17, 15) is 0 Å². The van der Waals surface area contributed by atoms with E-state index in [1.165, 1.54) is 13.1 Å². The van der Waals surface area contributed by atoms with Gasteiger partial charge in [0.25, 0.3) is 0 Å². The molecule has 1 fully saturated rings. The largest absolute Gasteiger partial charge is 0.369 e. The maximum absolute atomic E-state index is 4.33. The van der Waals surface area contributed by atoms with Gasteiger partial charge in [0.15, 0.2) is 0 Å². The number of piperazine rings is 1. The third kappa shape index (κ3) is 4.50. The lowest BCUT2D eigenvalue weighted by Crippen LogP contribution is -2.44. The molecule has 0 unspecified atom stereocenters. The second kappa shape index (κ2) is 7.43. The molecule has 0 spiro atoms. The maximum Gasteiger partial charge on any atom is 0.140 e. The summed E-state index contributed by atoms with van der Waals surface area (Å²) in [7, 11) is 0. The molecule has 0 aliphatic carbocycles. The van der Waals surface area contributed by atoms with Crippen LogP contribution in [0.25, 0.3) is 0 Å². The van der Waals surface area contributed by atoms with E-state index in [2.05, 4.69) is 52.4 Å². The molecule has 18 heavy (non-hydrogen) atoms. The van der Waals surface area contributed by atoms with Crippen molar-refractivity contribution in [2.75, 3.05) is 44.6 Å². The highest BCUT2D eigenvalue weighted by molar-refractivity contribution is 9.11. The van der Waals surface area contributed by atoms with Crippen molar-refractivity contribution in [2.45, 2.75) is 6.42 Å². The van der Waals surface area contributed by atoms with E-state index in [0.29, 0.717) is 0 Å². The zero-order valence-corrected chi connectivity index (χ0v) is 13.4. The molecule has 1 aromatic rings. The van der Waals surface area contributed by atoms with Crippen molar-refractivity contribution in [3.05, 3.63) is 21.2 Å². The molecule has 0 amide bonds. The second-order valence-corrected chi connectivity index (χ2v) is 6.13. The summed E-state index contributed by atoms with van der Waals surface area (Å²) in [4.78, 5) is 6.84. The number of hydrogen-bond donors (Lipinski definition) is 2. The average Bonchev–Trinajstić information content (AvgIpc) is 2.38. The fourth-order valence-electron chi connectivity index (χ4n) is 1.99. The van der Waals surface area contributed by atoms with Crippen LogP contribution in [0, 0.1) is 0 Å². The molecule has 2 heterocycles. The Balaban J connectivity index is 1.68. The summed E-state index contributed by atoms with van der Waals surface area (Å²) < 4.78 is 1.99. The number of anilines is 1. The summed E-state index contributed by atoms with van der Waals surface area (Å²) in [5.74, 6) is 0.915. The average molecular weight is 378 g/mol. The van der Waals surface area contributed by atoms with Crippen LogP contribution in [0.4, 0.5) is 5.82 Å². The van der Waals surface area contributed by atoms with Crippen molar-refractivity contribution >= 4 is 37.7 Å². The SMILES string of the molecule is Brc1cnc(NCCCN2CCNCC2)c(Br)c1. The molecule has 0 atom stereocenters. The number of nitrogens with zero attached hydrogens (tertiary/aromatic N) is 2. The number of halogens is 2. The molecule has 6 heteroatoms. The minimum absolute atomic E-state index is 0.915. The summed E-state index contributed by atoms with van der Waals surface area (Å²) in [6.45, 7) is 6.68. The summed E-state index contributed by atoms with van der Waals surface area (Å²) in [5, 5.41) is 6.72. The van der Waals surface area contributed by atoms with E-state index in [-0.39, 0.29) is 0 Å². The lowest BCUT2D eigenvalue weighted by Gasteiger charge is -2.27. The Kier molecular flexibility index (Phi) is 5.88. The lowest BCUT2D eigenvalue weighted by molar-refractivity contribution is 0.240. The minimum Gasteiger partial charge on any atom is -0.369 e. The minimum atomic E-state index is 0.915. The number of nitrogens with one attached hydrogen (secondary N) is 2. The molecule has 0 bridgehead atoms. The Morgan fingerprint density at radius 3 is 2.83 bits per heavy atom. The summed E-state index contributed by atoms with van der Waals surface area (Å²) >= 11 is 6.90. The van der Waals surface area contributed by atoms with Gasteiger partial charge in [-0.1, -0.05) is 0 Å². The Morgan fingerprint density at radius 1 is 1.33 bits per heavy atom. The van der Waals surface area contributed by atoms with E-state index < -0.39 is 0 Å². The van der Waals surface area contributed by atoms with Crippen molar-refractivity contribution in [2.24, 2.45) is 0 Å². The van der Waals surface area contributed by atoms with Crippen molar-refractivity contribution in [1.29, 1.82) is 0 Å². The molecule has 1 aromatic heterocycles. The highest BCUT2D eigenvalue weighted by Gasteiger charge is 2.08. The number of pyridine rings is 1. The van der Waals surface area contributed by atoms with Crippen molar-refractivity contribution in [3.63, 3.8) is 0 Å². The molecule has 0 aromatic carbocycles. The van der Waals surface area contributed by atoms with Crippen LogP contribution in [0.1, 0.15) is 6.42 Å². The van der Waals surface area contributed by atoms with Crippen molar-refractivity contribution in [3.8, 4) is 0 Å². The number of aromatic nitrogens is 1. The van der Waals surface area contributed by atoms with Crippen molar-refractivity contribution < 1.29 is 0 Å². The predicted octanol–water partition coefficient (Wildman–Crippen LogP) is 2.31. The smallest absolute Gasteiger partial charge is 0.140 e. The molecule has 4 nitrogen and oxygen atoms in total.